The van der Waals surface area contributed by atoms with E-state index in [0.29, 0.717) is 5.92 Å². The summed E-state index contributed by atoms with van der Waals surface area (Å²) in [6.07, 6.45) is 1.08. The molecule has 70 valence electrons. The first-order valence-electron chi connectivity index (χ1n) is 4.06. The summed E-state index contributed by atoms with van der Waals surface area (Å²) in [6, 6.07) is 0. The smallest absolute Gasteiger partial charge is 0.240 e. The number of amides is 1. The quantitative estimate of drug-likeness (QED) is 0.639. The molecule has 0 aromatic rings. The molecular weight excluding hydrogens is 194 g/mol. The molecule has 0 aromatic heterocycles. The highest BCUT2D eigenvalue weighted by molar-refractivity contribution is 7.99. The van der Waals surface area contributed by atoms with Gasteiger partial charge in [0.05, 0.1) is 0 Å². The fourth-order valence-electron chi connectivity index (χ4n) is 1.23. The average molecular weight is 208 g/mol. The zero-order valence-electron chi connectivity index (χ0n) is 7.42. The van der Waals surface area contributed by atoms with Gasteiger partial charge in [-0.3, -0.25) is 4.79 Å². The summed E-state index contributed by atoms with van der Waals surface area (Å²) in [5.74, 6) is 2.61. The van der Waals surface area contributed by atoms with Gasteiger partial charge in [-0.15, -0.1) is 11.6 Å². The summed E-state index contributed by atoms with van der Waals surface area (Å²) in [6.45, 7) is 0. The number of hydrogen-bond acceptors (Lipinski definition) is 2. The molecule has 12 heavy (non-hydrogen) atoms. The van der Waals surface area contributed by atoms with Crippen molar-refractivity contribution in [1.29, 1.82) is 0 Å². The first kappa shape index (κ1) is 10.2. The Balaban J connectivity index is 2.45. The maximum absolute atomic E-state index is 11.4. The Morgan fingerprint density at radius 1 is 1.67 bits per heavy atom. The summed E-state index contributed by atoms with van der Waals surface area (Å²) in [7, 11) is 3.50. The van der Waals surface area contributed by atoms with Gasteiger partial charge in [0.2, 0.25) is 5.91 Å². The van der Waals surface area contributed by atoms with E-state index in [1.807, 2.05) is 11.8 Å². The lowest BCUT2D eigenvalue weighted by molar-refractivity contribution is -0.129. The molecule has 0 aromatic carbocycles. The zero-order valence-corrected chi connectivity index (χ0v) is 8.99. The molecule has 1 amide bonds. The molecular formula is C8H14ClNOS. The zero-order chi connectivity index (χ0) is 9.14. The summed E-state index contributed by atoms with van der Waals surface area (Å²) < 4.78 is 0. The fourth-order valence-corrected chi connectivity index (χ4v) is 3.05. The van der Waals surface area contributed by atoms with E-state index in [4.69, 9.17) is 11.6 Å². The van der Waals surface area contributed by atoms with Crippen molar-refractivity contribution in [3.8, 4) is 0 Å². The first-order valence-corrected chi connectivity index (χ1v) is 5.65. The maximum Gasteiger partial charge on any atom is 0.240 e. The van der Waals surface area contributed by atoms with Crippen molar-refractivity contribution >= 4 is 29.3 Å². The van der Waals surface area contributed by atoms with Crippen molar-refractivity contribution in [2.75, 3.05) is 25.6 Å². The number of alkyl halides is 1. The molecule has 2 atom stereocenters. The third-order valence-electron chi connectivity index (χ3n) is 2.06. The predicted octanol–water partition coefficient (Wildman–Crippen LogP) is 1.44. The van der Waals surface area contributed by atoms with Gasteiger partial charge in [0, 0.05) is 14.1 Å². The SMILES string of the molecule is CN(C)C(=O)C(Cl)C1CCSC1. The molecule has 0 saturated carbocycles. The molecule has 0 radical (unpaired) electrons. The normalized spacial score (nSPS) is 25.4. The van der Waals surface area contributed by atoms with Crippen LogP contribution in [0.25, 0.3) is 0 Å². The van der Waals surface area contributed by atoms with Crippen molar-refractivity contribution in [2.45, 2.75) is 11.8 Å². The monoisotopic (exact) mass is 207 g/mol. The molecule has 1 saturated heterocycles. The van der Waals surface area contributed by atoms with Crippen molar-refractivity contribution in [3.05, 3.63) is 0 Å². The van der Waals surface area contributed by atoms with E-state index in [1.165, 1.54) is 0 Å². The predicted molar refractivity (Wildman–Crippen MR) is 53.8 cm³/mol. The van der Waals surface area contributed by atoms with Crippen LogP contribution < -0.4 is 0 Å². The van der Waals surface area contributed by atoms with E-state index < -0.39 is 0 Å². The van der Waals surface area contributed by atoms with Crippen LogP contribution in [-0.2, 0) is 4.79 Å². The van der Waals surface area contributed by atoms with Gasteiger partial charge in [-0.2, -0.15) is 11.8 Å². The molecule has 1 fully saturated rings. The van der Waals surface area contributed by atoms with Crippen LogP contribution in [0.2, 0.25) is 0 Å². The van der Waals surface area contributed by atoms with Crippen molar-refractivity contribution in [1.82, 2.24) is 4.90 Å². The maximum atomic E-state index is 11.4. The Bertz CT molecular complexity index is 168. The van der Waals surface area contributed by atoms with Crippen LogP contribution >= 0.6 is 23.4 Å². The van der Waals surface area contributed by atoms with Crippen molar-refractivity contribution < 1.29 is 4.79 Å². The molecule has 2 unspecified atom stereocenters. The molecule has 0 spiro atoms. The number of halogens is 1. The molecule has 1 aliphatic rings. The highest BCUT2D eigenvalue weighted by atomic mass is 35.5. The Morgan fingerprint density at radius 3 is 2.75 bits per heavy atom. The van der Waals surface area contributed by atoms with E-state index in [2.05, 4.69) is 0 Å². The molecule has 1 aliphatic heterocycles. The molecule has 1 heterocycles. The Kier molecular flexibility index (Phi) is 3.72. The lowest BCUT2D eigenvalue weighted by Crippen LogP contribution is -2.35. The van der Waals surface area contributed by atoms with Gasteiger partial charge in [0.1, 0.15) is 5.38 Å². The van der Waals surface area contributed by atoms with Crippen molar-refractivity contribution in [3.63, 3.8) is 0 Å². The van der Waals surface area contributed by atoms with Gasteiger partial charge in [0.15, 0.2) is 0 Å². The molecule has 4 heteroatoms. The van der Waals surface area contributed by atoms with Crippen LogP contribution in [0.4, 0.5) is 0 Å². The third kappa shape index (κ3) is 2.30. The van der Waals surface area contributed by atoms with Gasteiger partial charge in [-0.05, 0) is 23.8 Å². The number of hydrogen-bond donors (Lipinski definition) is 0. The van der Waals surface area contributed by atoms with E-state index in [1.54, 1.807) is 19.0 Å². The summed E-state index contributed by atoms with van der Waals surface area (Å²) in [4.78, 5) is 13.0. The first-order chi connectivity index (χ1) is 5.63. The number of nitrogens with zero attached hydrogens (tertiary/aromatic N) is 1. The second kappa shape index (κ2) is 4.38. The van der Waals surface area contributed by atoms with Gasteiger partial charge in [0.25, 0.3) is 0 Å². The fraction of sp³-hybridized carbons (Fsp3) is 0.875. The minimum atomic E-state index is -0.310. The van der Waals surface area contributed by atoms with Crippen LogP contribution in [0.15, 0.2) is 0 Å². The standard InChI is InChI=1S/C8H14ClNOS/c1-10(2)8(11)7(9)6-3-4-12-5-6/h6-7H,3-5H2,1-2H3. The minimum Gasteiger partial charge on any atom is -0.348 e. The van der Waals surface area contributed by atoms with Gasteiger partial charge < -0.3 is 4.90 Å². The van der Waals surface area contributed by atoms with Crippen LogP contribution in [0.3, 0.4) is 0 Å². The van der Waals surface area contributed by atoms with Gasteiger partial charge in [-0.1, -0.05) is 0 Å². The number of thioether (sulfide) groups is 1. The minimum absolute atomic E-state index is 0.0455. The van der Waals surface area contributed by atoms with Crippen LogP contribution in [0.1, 0.15) is 6.42 Å². The highest BCUT2D eigenvalue weighted by Crippen LogP contribution is 2.29. The van der Waals surface area contributed by atoms with Crippen molar-refractivity contribution in [2.24, 2.45) is 5.92 Å². The molecule has 1 rings (SSSR count). The average Bonchev–Trinajstić information content (AvgIpc) is 2.53. The number of carbonyl (C=O) groups excluding carboxylic acids is 1. The van der Waals surface area contributed by atoms with Crippen LogP contribution in [0.5, 0.6) is 0 Å². The topological polar surface area (TPSA) is 20.3 Å². The molecule has 0 bridgehead atoms. The second-order valence-corrected chi connectivity index (χ2v) is 4.88. The molecule has 2 nitrogen and oxygen atoms in total. The van der Waals surface area contributed by atoms with E-state index in [0.717, 1.165) is 17.9 Å². The summed E-state index contributed by atoms with van der Waals surface area (Å²) in [5, 5.41) is -0.310. The lowest BCUT2D eigenvalue weighted by atomic mass is 10.0. The molecule has 0 aliphatic carbocycles. The van der Waals surface area contributed by atoms with E-state index in [-0.39, 0.29) is 11.3 Å². The Hall–Kier alpha value is 0.110. The third-order valence-corrected chi connectivity index (χ3v) is 3.79. The summed E-state index contributed by atoms with van der Waals surface area (Å²) in [5.41, 5.74) is 0. The Labute approximate surface area is 82.6 Å². The highest BCUT2D eigenvalue weighted by Gasteiger charge is 2.29. The van der Waals surface area contributed by atoms with Crippen LogP contribution in [0, 0.1) is 5.92 Å². The summed E-state index contributed by atoms with van der Waals surface area (Å²) >= 11 is 7.91. The van der Waals surface area contributed by atoms with E-state index >= 15 is 0 Å². The van der Waals surface area contributed by atoms with E-state index in [9.17, 15) is 4.79 Å². The van der Waals surface area contributed by atoms with Crippen LogP contribution in [-0.4, -0.2) is 41.8 Å². The van der Waals surface area contributed by atoms with Gasteiger partial charge in [-0.25, -0.2) is 0 Å². The number of rotatable bonds is 2. The van der Waals surface area contributed by atoms with Gasteiger partial charge >= 0.3 is 0 Å². The largest absolute Gasteiger partial charge is 0.348 e. The lowest BCUT2D eigenvalue weighted by Gasteiger charge is -2.19. The Morgan fingerprint density at radius 2 is 2.33 bits per heavy atom. The molecule has 0 N–H and O–H groups in total. The second-order valence-electron chi connectivity index (χ2n) is 3.26. The number of carbonyl (C=O) groups is 1.